The van der Waals surface area contributed by atoms with Crippen molar-refractivity contribution in [2.24, 2.45) is 23.0 Å². The van der Waals surface area contributed by atoms with Crippen molar-refractivity contribution in [3.63, 3.8) is 0 Å². The molecule has 1 heterocycles. The van der Waals surface area contributed by atoms with Crippen molar-refractivity contribution < 1.29 is 14.8 Å². The monoisotopic (exact) mass is 240 g/mol. The fourth-order valence-electron chi connectivity index (χ4n) is 2.67. The Kier molecular flexibility index (Phi) is 3.00. The largest absolute Gasteiger partial charge is 0.476 e. The topological polar surface area (TPSA) is 86.8 Å². The molecule has 0 aromatic rings. The van der Waals surface area contributed by atoms with Gasteiger partial charge in [-0.15, -0.1) is 0 Å². The van der Waals surface area contributed by atoms with Gasteiger partial charge in [-0.3, -0.25) is 4.79 Å². The Morgan fingerprint density at radius 2 is 2.06 bits per heavy atom. The molecule has 1 aliphatic heterocycles. The zero-order valence-corrected chi connectivity index (χ0v) is 10.6. The summed E-state index contributed by atoms with van der Waals surface area (Å²) in [5, 5.41) is 18.7. The van der Waals surface area contributed by atoms with E-state index in [-0.39, 0.29) is 17.2 Å². The third kappa shape index (κ3) is 2.21. The van der Waals surface area contributed by atoms with Crippen LogP contribution in [0.15, 0.2) is 0 Å². The van der Waals surface area contributed by atoms with E-state index in [1.54, 1.807) is 4.90 Å². The molecule has 1 aliphatic carbocycles. The summed E-state index contributed by atoms with van der Waals surface area (Å²) in [6.45, 7) is 6.36. The fourth-order valence-corrected chi connectivity index (χ4v) is 2.67. The first-order valence-corrected chi connectivity index (χ1v) is 6.15. The van der Waals surface area contributed by atoms with Gasteiger partial charge in [0.1, 0.15) is 0 Å². The number of fused-ring (bicyclic) bond motifs is 1. The van der Waals surface area contributed by atoms with Crippen LogP contribution >= 0.6 is 0 Å². The molecule has 4 unspecified atom stereocenters. The first-order chi connectivity index (χ1) is 7.73. The van der Waals surface area contributed by atoms with Gasteiger partial charge in [0, 0.05) is 6.54 Å². The van der Waals surface area contributed by atoms with E-state index in [0.717, 1.165) is 6.42 Å². The van der Waals surface area contributed by atoms with Crippen LogP contribution in [0.4, 0.5) is 0 Å². The lowest BCUT2D eigenvalue weighted by atomic mass is 9.75. The molecule has 0 aromatic carbocycles. The minimum Gasteiger partial charge on any atom is -0.426 e. The van der Waals surface area contributed by atoms with Crippen molar-refractivity contribution in [1.82, 2.24) is 4.90 Å². The van der Waals surface area contributed by atoms with Crippen molar-refractivity contribution in [2.75, 3.05) is 6.54 Å². The fraction of sp³-hybridized carbons (Fsp3) is 0.909. The number of likely N-dealkylation sites (tertiary alicyclic amines) is 1. The number of hydrogen-bond acceptors (Lipinski definition) is 4. The molecule has 4 N–H and O–H groups in total. The Bertz CT molecular complexity index is 329. The van der Waals surface area contributed by atoms with Crippen LogP contribution in [0.3, 0.4) is 0 Å². The van der Waals surface area contributed by atoms with Gasteiger partial charge in [0.15, 0.2) is 0 Å². The number of carbonyl (C=O) groups is 1. The van der Waals surface area contributed by atoms with Crippen molar-refractivity contribution in [1.29, 1.82) is 0 Å². The molecule has 2 rings (SSSR count). The average molecular weight is 240 g/mol. The Labute approximate surface area is 102 Å². The maximum absolute atomic E-state index is 12.3. The number of nitrogens with zero attached hydrogens (tertiary/aromatic N) is 1. The van der Waals surface area contributed by atoms with Gasteiger partial charge < -0.3 is 20.7 Å². The molecule has 1 amide bonds. The lowest BCUT2D eigenvalue weighted by molar-refractivity contribution is -0.135. The van der Waals surface area contributed by atoms with E-state index < -0.39 is 19.1 Å². The van der Waals surface area contributed by atoms with Crippen LogP contribution in [0.5, 0.6) is 0 Å². The Morgan fingerprint density at radius 1 is 1.47 bits per heavy atom. The zero-order valence-electron chi connectivity index (χ0n) is 10.6. The molecule has 5 nitrogen and oxygen atoms in total. The second-order valence-corrected chi connectivity index (χ2v) is 6.40. The number of carbonyl (C=O) groups excluding carboxylic acids is 1. The van der Waals surface area contributed by atoms with Gasteiger partial charge >= 0.3 is 7.12 Å². The number of hydrogen-bond donors (Lipinski definition) is 3. The van der Waals surface area contributed by atoms with Gasteiger partial charge in [-0.25, -0.2) is 0 Å². The average Bonchev–Trinajstić information content (AvgIpc) is 2.85. The van der Waals surface area contributed by atoms with Crippen LogP contribution in [0, 0.1) is 17.3 Å². The zero-order chi connectivity index (χ0) is 13.0. The van der Waals surface area contributed by atoms with Gasteiger partial charge in [-0.1, -0.05) is 20.8 Å². The second-order valence-electron chi connectivity index (χ2n) is 6.40. The van der Waals surface area contributed by atoms with Crippen LogP contribution in [0.2, 0.25) is 0 Å². The second kappa shape index (κ2) is 3.97. The van der Waals surface area contributed by atoms with Crippen LogP contribution < -0.4 is 5.73 Å². The third-order valence-corrected chi connectivity index (χ3v) is 3.99. The predicted octanol–water partition coefficient (Wildman–Crippen LogP) is -0.781. The summed E-state index contributed by atoms with van der Waals surface area (Å²) in [6, 6.07) is -0.596. The molecule has 6 heteroatoms. The van der Waals surface area contributed by atoms with Crippen LogP contribution in [-0.4, -0.2) is 46.5 Å². The molecular formula is C11H21BN2O3. The van der Waals surface area contributed by atoms with Gasteiger partial charge in [-0.2, -0.15) is 0 Å². The van der Waals surface area contributed by atoms with Crippen molar-refractivity contribution >= 4 is 13.0 Å². The number of rotatable bonds is 2. The van der Waals surface area contributed by atoms with Gasteiger partial charge in [0.2, 0.25) is 5.91 Å². The van der Waals surface area contributed by atoms with Gasteiger partial charge in [-0.05, 0) is 23.7 Å². The number of nitrogens with two attached hydrogens (primary N) is 1. The van der Waals surface area contributed by atoms with Gasteiger partial charge in [0.25, 0.3) is 0 Å². The van der Waals surface area contributed by atoms with Crippen molar-refractivity contribution in [3.8, 4) is 0 Å². The molecule has 0 aromatic heterocycles. The van der Waals surface area contributed by atoms with Gasteiger partial charge in [0.05, 0.1) is 12.0 Å². The van der Waals surface area contributed by atoms with Crippen LogP contribution in [0.1, 0.15) is 27.2 Å². The molecule has 0 spiro atoms. The lowest BCUT2D eigenvalue weighted by Crippen LogP contribution is -2.56. The standard InChI is InChI=1S/C11H21BN2O3/c1-11(2,3)8(13)10(15)14-5-6-4-7(6)9(14)12(16)17/h6-9,16-17H,4-5,13H2,1-3H3. The van der Waals surface area contributed by atoms with Crippen LogP contribution in [-0.2, 0) is 4.79 Å². The lowest BCUT2D eigenvalue weighted by Gasteiger charge is -2.34. The molecule has 1 saturated heterocycles. The van der Waals surface area contributed by atoms with Crippen molar-refractivity contribution in [3.05, 3.63) is 0 Å². The highest BCUT2D eigenvalue weighted by atomic mass is 16.4. The minimum atomic E-state index is -1.45. The Balaban J connectivity index is 2.10. The summed E-state index contributed by atoms with van der Waals surface area (Å²) in [6.07, 6.45) is 0.997. The van der Waals surface area contributed by atoms with E-state index in [1.165, 1.54) is 0 Å². The first-order valence-electron chi connectivity index (χ1n) is 6.15. The smallest absolute Gasteiger partial charge is 0.426 e. The highest BCUT2D eigenvalue weighted by Crippen LogP contribution is 2.50. The summed E-state index contributed by atoms with van der Waals surface area (Å²) in [7, 11) is -1.45. The molecule has 17 heavy (non-hydrogen) atoms. The number of piperidine rings is 1. The molecule has 4 atom stereocenters. The van der Waals surface area contributed by atoms with Crippen molar-refractivity contribution in [2.45, 2.75) is 39.2 Å². The normalized spacial score (nSPS) is 33.3. The number of amides is 1. The highest BCUT2D eigenvalue weighted by molar-refractivity contribution is 6.44. The molecule has 0 bridgehead atoms. The Hall–Kier alpha value is -0.585. The summed E-state index contributed by atoms with van der Waals surface area (Å²) in [5.41, 5.74) is 5.63. The molecular weight excluding hydrogens is 219 g/mol. The van der Waals surface area contributed by atoms with E-state index in [2.05, 4.69) is 0 Å². The van der Waals surface area contributed by atoms with E-state index in [1.807, 2.05) is 20.8 Å². The van der Waals surface area contributed by atoms with E-state index in [0.29, 0.717) is 12.5 Å². The van der Waals surface area contributed by atoms with E-state index in [9.17, 15) is 14.8 Å². The molecule has 1 saturated carbocycles. The summed E-state index contributed by atoms with van der Waals surface area (Å²) < 4.78 is 0. The first kappa shape index (κ1) is 12.9. The predicted molar refractivity (Wildman–Crippen MR) is 64.7 cm³/mol. The molecule has 2 aliphatic rings. The summed E-state index contributed by atoms with van der Waals surface area (Å²) in [5.74, 6) is 0.0766. The molecule has 2 fully saturated rings. The third-order valence-electron chi connectivity index (χ3n) is 3.99. The molecule has 96 valence electrons. The van der Waals surface area contributed by atoms with E-state index >= 15 is 0 Å². The highest BCUT2D eigenvalue weighted by Gasteiger charge is 2.58. The van der Waals surface area contributed by atoms with Crippen LogP contribution in [0.25, 0.3) is 0 Å². The van der Waals surface area contributed by atoms with E-state index in [4.69, 9.17) is 5.73 Å². The molecule has 0 radical (unpaired) electrons. The summed E-state index contributed by atoms with van der Waals surface area (Å²) >= 11 is 0. The SMILES string of the molecule is CC(C)(C)C(N)C(=O)N1CC2CC2C1B(O)O. The maximum Gasteiger partial charge on any atom is 0.476 e. The quantitative estimate of drug-likeness (QED) is 0.552. The maximum atomic E-state index is 12.3. The Morgan fingerprint density at radius 3 is 2.53 bits per heavy atom. The minimum absolute atomic E-state index is 0.164. The summed E-state index contributed by atoms with van der Waals surface area (Å²) in [4.78, 5) is 13.8.